The average molecular weight is 487 g/mol. The van der Waals surface area contributed by atoms with Crippen LogP contribution in [0.1, 0.15) is 38.9 Å². The fraction of sp³-hybridized carbons (Fsp3) is 0.550. The van der Waals surface area contributed by atoms with Crippen molar-refractivity contribution in [3.63, 3.8) is 0 Å². The topological polar surface area (TPSA) is 131 Å². The highest BCUT2D eigenvalue weighted by atomic mass is 35.5. The largest absolute Gasteiger partial charge is 0.484 e. The Bertz CT molecular complexity index is 1010. The van der Waals surface area contributed by atoms with Crippen LogP contribution in [0.2, 0.25) is 5.02 Å². The molecular formula is C20H27ClN4O6S. The Hall–Kier alpha value is -2.02. The van der Waals surface area contributed by atoms with Gasteiger partial charge in [-0.1, -0.05) is 23.7 Å². The lowest BCUT2D eigenvalue weighted by molar-refractivity contribution is -0.219. The molecule has 2 heterocycles. The first-order chi connectivity index (χ1) is 15.1. The number of aromatic nitrogens is 3. The first kappa shape index (κ1) is 24.6. The third-order valence-electron chi connectivity index (χ3n) is 5.12. The van der Waals surface area contributed by atoms with Gasteiger partial charge in [-0.3, -0.25) is 9.36 Å². The van der Waals surface area contributed by atoms with Crippen molar-refractivity contribution in [1.82, 2.24) is 19.7 Å². The number of nitrogens with zero attached hydrogens (tertiary/aromatic N) is 3. The number of rotatable bonds is 7. The van der Waals surface area contributed by atoms with Gasteiger partial charge in [0, 0.05) is 13.0 Å². The standard InChI is InChI=1S/C20H27ClN4O6S/c1-10(2)24-15(9-30-13-7-5-4-6-12(13)21)23-25(20(24)32)19-16(22-11(3)27)18(29)17(28)14(8-26)31-19/h4-7,10,14,16-19,26,28-29H,8-9H2,1-3H3,(H,22,27)/t14-,16-,17-,18+,19-/m1/s1. The minimum Gasteiger partial charge on any atom is -0.484 e. The van der Waals surface area contributed by atoms with Crippen molar-refractivity contribution >= 4 is 29.7 Å². The van der Waals surface area contributed by atoms with Gasteiger partial charge in [0.2, 0.25) is 10.7 Å². The number of hydrogen-bond acceptors (Lipinski definition) is 8. The van der Waals surface area contributed by atoms with E-state index in [4.69, 9.17) is 33.3 Å². The third kappa shape index (κ3) is 4.98. The van der Waals surface area contributed by atoms with Crippen LogP contribution in [0.3, 0.4) is 0 Å². The molecule has 32 heavy (non-hydrogen) atoms. The van der Waals surface area contributed by atoms with Crippen LogP contribution >= 0.6 is 23.8 Å². The first-order valence-corrected chi connectivity index (χ1v) is 10.9. The van der Waals surface area contributed by atoms with Gasteiger partial charge >= 0.3 is 0 Å². The van der Waals surface area contributed by atoms with Gasteiger partial charge in [0.1, 0.15) is 36.7 Å². The van der Waals surface area contributed by atoms with Crippen molar-refractivity contribution in [3.05, 3.63) is 39.9 Å². The normalized spacial score (nSPS) is 25.7. The second-order valence-corrected chi connectivity index (χ2v) is 8.55. The second-order valence-electron chi connectivity index (χ2n) is 7.78. The summed E-state index contributed by atoms with van der Waals surface area (Å²) in [5.74, 6) is 0.513. The molecule has 3 rings (SSSR count). The van der Waals surface area contributed by atoms with Gasteiger partial charge in [-0.05, 0) is 38.2 Å². The molecule has 2 aromatic rings. The van der Waals surface area contributed by atoms with Gasteiger partial charge in [-0.25, -0.2) is 4.68 Å². The molecule has 1 amide bonds. The van der Waals surface area contributed by atoms with Crippen LogP contribution in [-0.2, 0) is 16.1 Å². The number of aliphatic hydroxyl groups is 3. The van der Waals surface area contributed by atoms with Crippen molar-refractivity contribution in [1.29, 1.82) is 0 Å². The highest BCUT2D eigenvalue weighted by molar-refractivity contribution is 7.71. The summed E-state index contributed by atoms with van der Waals surface area (Å²) in [6.07, 6.45) is -4.98. The Labute approximate surface area is 195 Å². The molecule has 1 aromatic carbocycles. The minimum atomic E-state index is -1.41. The average Bonchev–Trinajstić information content (AvgIpc) is 3.07. The van der Waals surface area contributed by atoms with Gasteiger partial charge in [0.15, 0.2) is 12.1 Å². The van der Waals surface area contributed by atoms with E-state index in [1.165, 1.54) is 11.6 Å². The van der Waals surface area contributed by atoms with Crippen LogP contribution in [-0.4, -0.2) is 66.5 Å². The van der Waals surface area contributed by atoms with Gasteiger partial charge in [-0.2, -0.15) is 5.10 Å². The van der Waals surface area contributed by atoms with Crippen LogP contribution < -0.4 is 10.1 Å². The molecular weight excluding hydrogens is 460 g/mol. The molecule has 1 aromatic heterocycles. The Kier molecular flexibility index (Phi) is 7.91. The lowest BCUT2D eigenvalue weighted by Gasteiger charge is -2.42. The van der Waals surface area contributed by atoms with E-state index in [-0.39, 0.29) is 17.4 Å². The summed E-state index contributed by atoms with van der Waals surface area (Å²) < 4.78 is 15.0. The molecule has 0 unspecified atom stereocenters. The lowest BCUT2D eigenvalue weighted by atomic mass is 9.96. The maximum Gasteiger partial charge on any atom is 0.217 e. The van der Waals surface area contributed by atoms with Crippen molar-refractivity contribution in [2.45, 2.75) is 64.0 Å². The highest BCUT2D eigenvalue weighted by Crippen LogP contribution is 2.30. The van der Waals surface area contributed by atoms with Crippen molar-refractivity contribution in [2.75, 3.05) is 6.61 Å². The highest BCUT2D eigenvalue weighted by Gasteiger charge is 2.46. The van der Waals surface area contributed by atoms with E-state index < -0.39 is 43.1 Å². The number of aliphatic hydroxyl groups excluding tert-OH is 3. The maximum atomic E-state index is 11.7. The number of hydrogen-bond donors (Lipinski definition) is 4. The van der Waals surface area contributed by atoms with Crippen LogP contribution in [0.15, 0.2) is 24.3 Å². The number of nitrogens with one attached hydrogen (secondary N) is 1. The lowest BCUT2D eigenvalue weighted by Crippen LogP contribution is -2.62. The molecule has 0 radical (unpaired) electrons. The molecule has 12 heteroatoms. The number of carbonyl (C=O) groups is 1. The van der Waals surface area contributed by atoms with Crippen LogP contribution in [0.5, 0.6) is 5.75 Å². The number of ether oxygens (including phenoxy) is 2. The number of carbonyl (C=O) groups excluding carboxylic acids is 1. The maximum absolute atomic E-state index is 11.7. The SMILES string of the molecule is CC(=O)N[C@@H]1[C@H](O)[C@H](O)[C@@H](CO)O[C@H]1n1nc(COc2ccccc2Cl)n(C(C)C)c1=S. The monoisotopic (exact) mass is 486 g/mol. The van der Waals surface area contributed by atoms with Gasteiger partial charge in [0.25, 0.3) is 0 Å². The molecule has 5 atom stereocenters. The number of benzene rings is 1. The molecule has 1 fully saturated rings. The first-order valence-electron chi connectivity index (χ1n) is 10.1. The van der Waals surface area contributed by atoms with E-state index in [0.29, 0.717) is 16.6 Å². The van der Waals surface area contributed by atoms with E-state index in [1.807, 2.05) is 13.8 Å². The van der Waals surface area contributed by atoms with Gasteiger partial charge < -0.3 is 30.1 Å². The number of amides is 1. The molecule has 176 valence electrons. The van der Waals surface area contributed by atoms with Crippen LogP contribution in [0.25, 0.3) is 0 Å². The van der Waals surface area contributed by atoms with E-state index in [9.17, 15) is 20.1 Å². The third-order valence-corrected chi connectivity index (χ3v) is 5.82. The summed E-state index contributed by atoms with van der Waals surface area (Å²) >= 11 is 11.8. The van der Waals surface area contributed by atoms with E-state index in [2.05, 4.69) is 10.4 Å². The predicted octanol–water partition coefficient (Wildman–Crippen LogP) is 1.34. The molecule has 0 aliphatic carbocycles. The Balaban J connectivity index is 1.99. The minimum absolute atomic E-state index is 0.0463. The summed E-state index contributed by atoms with van der Waals surface area (Å²) in [5, 5.41) is 38.0. The smallest absolute Gasteiger partial charge is 0.217 e. The van der Waals surface area contributed by atoms with E-state index >= 15 is 0 Å². The van der Waals surface area contributed by atoms with E-state index in [1.54, 1.807) is 28.8 Å². The fourth-order valence-corrected chi connectivity index (χ4v) is 4.27. The zero-order valence-electron chi connectivity index (χ0n) is 17.9. The van der Waals surface area contributed by atoms with E-state index in [0.717, 1.165) is 0 Å². The summed E-state index contributed by atoms with van der Waals surface area (Å²) in [4.78, 5) is 11.7. The molecule has 1 aliphatic rings. The number of halogens is 1. The Morgan fingerprint density at radius 1 is 1.34 bits per heavy atom. The zero-order valence-corrected chi connectivity index (χ0v) is 19.5. The van der Waals surface area contributed by atoms with Crippen molar-refractivity contribution < 1.29 is 29.6 Å². The molecule has 1 aliphatic heterocycles. The Morgan fingerprint density at radius 2 is 2.03 bits per heavy atom. The molecule has 0 spiro atoms. The van der Waals surface area contributed by atoms with Crippen LogP contribution in [0, 0.1) is 4.77 Å². The quantitative estimate of drug-likeness (QED) is 0.431. The number of para-hydroxylation sites is 1. The van der Waals surface area contributed by atoms with Gasteiger partial charge in [-0.15, -0.1) is 0 Å². The second kappa shape index (κ2) is 10.3. The van der Waals surface area contributed by atoms with Crippen LogP contribution in [0.4, 0.5) is 0 Å². The molecule has 1 saturated heterocycles. The summed E-state index contributed by atoms with van der Waals surface area (Å²) in [6.45, 7) is 4.63. The molecule has 0 saturated carbocycles. The summed E-state index contributed by atoms with van der Waals surface area (Å²) in [7, 11) is 0. The van der Waals surface area contributed by atoms with Crippen molar-refractivity contribution in [2.24, 2.45) is 0 Å². The van der Waals surface area contributed by atoms with Gasteiger partial charge in [0.05, 0.1) is 11.6 Å². The fourth-order valence-electron chi connectivity index (χ4n) is 3.62. The Morgan fingerprint density at radius 3 is 2.62 bits per heavy atom. The predicted molar refractivity (Wildman–Crippen MR) is 118 cm³/mol. The molecule has 4 N–H and O–H groups in total. The zero-order chi connectivity index (χ0) is 23.6. The summed E-state index contributed by atoms with van der Waals surface area (Å²) in [5.41, 5.74) is 0. The van der Waals surface area contributed by atoms with Crippen molar-refractivity contribution in [3.8, 4) is 5.75 Å². The molecule has 0 bridgehead atoms. The summed E-state index contributed by atoms with van der Waals surface area (Å²) in [6, 6.07) is 5.89. The molecule has 10 nitrogen and oxygen atoms in total.